The van der Waals surface area contributed by atoms with Crippen molar-refractivity contribution in [2.45, 2.75) is 25.7 Å². The fourth-order valence-electron chi connectivity index (χ4n) is 3.20. The van der Waals surface area contributed by atoms with Crippen molar-refractivity contribution in [3.63, 3.8) is 0 Å². The smallest absolute Gasteiger partial charge is 0.323 e. The normalized spacial score (nSPS) is 13.5. The average molecular weight is 341 g/mol. The van der Waals surface area contributed by atoms with Crippen LogP contribution in [0.4, 0.5) is 16.2 Å². The number of amides is 2. The number of carbonyl (C=O) groups excluding carboxylic acids is 1. The van der Waals surface area contributed by atoms with Gasteiger partial charge in [-0.3, -0.25) is 0 Å². The molecule has 0 spiro atoms. The lowest BCUT2D eigenvalue weighted by atomic mass is 9.96. The van der Waals surface area contributed by atoms with Gasteiger partial charge in [0.25, 0.3) is 0 Å². The highest BCUT2D eigenvalue weighted by Gasteiger charge is 2.18. The molecule has 1 heterocycles. The molecule has 122 valence electrons. The lowest BCUT2D eigenvalue weighted by molar-refractivity contribution is 0.262. The number of hydrogen-bond donors (Lipinski definition) is 2. The van der Waals surface area contributed by atoms with Gasteiger partial charge in [-0.2, -0.15) is 0 Å². The number of rotatable bonds is 2. The summed E-state index contributed by atoms with van der Waals surface area (Å²) in [6.45, 7) is 0. The maximum atomic E-state index is 12.2. The first-order valence-corrected chi connectivity index (χ1v) is 8.45. The van der Waals surface area contributed by atoms with Gasteiger partial charge in [0.2, 0.25) is 0 Å². The van der Waals surface area contributed by atoms with E-state index in [-0.39, 0.29) is 6.03 Å². The molecule has 5 heteroatoms. The number of furan rings is 1. The van der Waals surface area contributed by atoms with Crippen molar-refractivity contribution < 1.29 is 9.21 Å². The molecule has 0 saturated carbocycles. The zero-order chi connectivity index (χ0) is 16.5. The molecular weight excluding hydrogens is 324 g/mol. The maximum Gasteiger partial charge on any atom is 0.323 e. The van der Waals surface area contributed by atoms with Crippen molar-refractivity contribution in [3.8, 4) is 0 Å². The molecule has 2 N–H and O–H groups in total. The van der Waals surface area contributed by atoms with Gasteiger partial charge in [0.05, 0.1) is 0 Å². The molecule has 2 amide bonds. The Labute approximate surface area is 144 Å². The van der Waals surface area contributed by atoms with Crippen molar-refractivity contribution in [1.82, 2.24) is 0 Å². The van der Waals surface area contributed by atoms with Crippen LogP contribution in [0.15, 0.2) is 46.9 Å². The van der Waals surface area contributed by atoms with Gasteiger partial charge in [-0.25, -0.2) is 4.79 Å². The van der Waals surface area contributed by atoms with Crippen LogP contribution in [0.5, 0.6) is 0 Å². The molecule has 0 unspecified atom stereocenters. The van der Waals surface area contributed by atoms with Crippen molar-refractivity contribution in [1.29, 1.82) is 0 Å². The van der Waals surface area contributed by atoms with E-state index in [4.69, 9.17) is 16.0 Å². The first-order chi connectivity index (χ1) is 11.7. The predicted molar refractivity (Wildman–Crippen MR) is 96.9 cm³/mol. The summed E-state index contributed by atoms with van der Waals surface area (Å²) in [6.07, 6.45) is 4.41. The van der Waals surface area contributed by atoms with Crippen LogP contribution in [0, 0.1) is 0 Å². The third-order valence-electron chi connectivity index (χ3n) is 4.30. The number of anilines is 2. The standard InChI is InChI=1S/C19H17ClN2O2/c20-12-4-3-5-13(10-12)21-19(23)22-14-8-9-18-16(11-14)15-6-1-2-7-17(15)24-18/h3-5,8-11H,1-2,6-7H2,(H2,21,22,23). The van der Waals surface area contributed by atoms with Crippen LogP contribution in [0.2, 0.25) is 5.02 Å². The Balaban J connectivity index is 1.54. The summed E-state index contributed by atoms with van der Waals surface area (Å²) in [5.74, 6) is 1.09. The van der Waals surface area contributed by atoms with Crippen LogP contribution in [-0.4, -0.2) is 6.03 Å². The second-order valence-electron chi connectivity index (χ2n) is 6.01. The molecule has 0 fully saturated rings. The molecule has 1 aromatic heterocycles. The van der Waals surface area contributed by atoms with Gasteiger partial charge in [0.15, 0.2) is 0 Å². The summed E-state index contributed by atoms with van der Waals surface area (Å²) in [5, 5.41) is 7.33. The summed E-state index contributed by atoms with van der Waals surface area (Å²) in [4.78, 5) is 12.2. The highest BCUT2D eigenvalue weighted by Crippen LogP contribution is 2.33. The number of urea groups is 1. The summed E-state index contributed by atoms with van der Waals surface area (Å²) in [7, 11) is 0. The fourth-order valence-corrected chi connectivity index (χ4v) is 3.39. The van der Waals surface area contributed by atoms with Crippen LogP contribution in [-0.2, 0) is 12.8 Å². The Kier molecular flexibility index (Phi) is 3.90. The topological polar surface area (TPSA) is 54.3 Å². The molecule has 24 heavy (non-hydrogen) atoms. The molecule has 0 aliphatic heterocycles. The van der Waals surface area contributed by atoms with E-state index >= 15 is 0 Å². The van der Waals surface area contributed by atoms with Crippen LogP contribution in [0.25, 0.3) is 11.0 Å². The first-order valence-electron chi connectivity index (χ1n) is 8.07. The molecule has 0 saturated heterocycles. The largest absolute Gasteiger partial charge is 0.461 e. The zero-order valence-electron chi connectivity index (χ0n) is 13.1. The minimum Gasteiger partial charge on any atom is -0.461 e. The molecule has 4 nitrogen and oxygen atoms in total. The summed E-state index contributed by atoms with van der Waals surface area (Å²) in [6, 6.07) is 12.5. The number of halogens is 1. The molecule has 1 aliphatic carbocycles. The SMILES string of the molecule is O=C(Nc1cccc(Cl)c1)Nc1ccc2oc3c(c2c1)CCCC3. The minimum absolute atomic E-state index is 0.297. The molecule has 0 radical (unpaired) electrons. The van der Waals surface area contributed by atoms with Gasteiger partial charge < -0.3 is 15.1 Å². The molecule has 1 aliphatic rings. The number of fused-ring (bicyclic) bond motifs is 3. The molecule has 2 aromatic carbocycles. The molecule has 4 rings (SSSR count). The predicted octanol–water partition coefficient (Wildman–Crippen LogP) is 5.61. The average Bonchev–Trinajstić information content (AvgIpc) is 2.93. The zero-order valence-corrected chi connectivity index (χ0v) is 13.8. The van der Waals surface area contributed by atoms with Gasteiger partial charge in [-0.05, 0) is 55.7 Å². The van der Waals surface area contributed by atoms with Crippen molar-refractivity contribution in [2.24, 2.45) is 0 Å². The van der Waals surface area contributed by atoms with Gasteiger partial charge in [0.1, 0.15) is 11.3 Å². The van der Waals surface area contributed by atoms with Gasteiger partial charge >= 0.3 is 6.03 Å². The molecule has 3 aromatic rings. The van der Waals surface area contributed by atoms with Crippen LogP contribution >= 0.6 is 11.6 Å². The molecular formula is C19H17ClN2O2. The van der Waals surface area contributed by atoms with Crippen LogP contribution in [0.3, 0.4) is 0 Å². The summed E-state index contributed by atoms with van der Waals surface area (Å²) < 4.78 is 5.92. The van der Waals surface area contributed by atoms with E-state index in [2.05, 4.69) is 10.6 Å². The first kappa shape index (κ1) is 15.1. The monoisotopic (exact) mass is 340 g/mol. The minimum atomic E-state index is -0.297. The van der Waals surface area contributed by atoms with Crippen molar-refractivity contribution in [2.75, 3.05) is 10.6 Å². The fraction of sp³-hybridized carbons (Fsp3) is 0.211. The van der Waals surface area contributed by atoms with E-state index < -0.39 is 0 Å². The Morgan fingerprint density at radius 3 is 2.62 bits per heavy atom. The van der Waals surface area contributed by atoms with E-state index in [1.165, 1.54) is 18.4 Å². The molecule has 0 atom stereocenters. The number of carbonyl (C=O) groups is 1. The Bertz CT molecular complexity index is 917. The third-order valence-corrected chi connectivity index (χ3v) is 4.53. The number of aryl methyl sites for hydroxylation is 2. The van der Waals surface area contributed by atoms with Gasteiger partial charge in [-0.15, -0.1) is 0 Å². The highest BCUT2D eigenvalue weighted by atomic mass is 35.5. The summed E-state index contributed by atoms with van der Waals surface area (Å²) in [5.41, 5.74) is 3.58. The van der Waals surface area contributed by atoms with Gasteiger partial charge in [-0.1, -0.05) is 17.7 Å². The second-order valence-corrected chi connectivity index (χ2v) is 6.45. The van der Waals surface area contributed by atoms with E-state index in [0.717, 1.165) is 35.3 Å². The Morgan fingerprint density at radius 1 is 1.00 bits per heavy atom. The van der Waals surface area contributed by atoms with E-state index in [9.17, 15) is 4.79 Å². The lowest BCUT2D eigenvalue weighted by Crippen LogP contribution is -2.19. The Hall–Kier alpha value is -2.46. The van der Waals surface area contributed by atoms with Crippen molar-refractivity contribution in [3.05, 3.63) is 58.8 Å². The van der Waals surface area contributed by atoms with Gasteiger partial charge in [0, 0.05) is 33.8 Å². The van der Waals surface area contributed by atoms with Crippen molar-refractivity contribution >= 4 is 40.0 Å². The summed E-state index contributed by atoms with van der Waals surface area (Å²) >= 11 is 5.93. The second kappa shape index (κ2) is 6.21. The van der Waals surface area contributed by atoms with E-state index in [1.807, 2.05) is 18.2 Å². The third kappa shape index (κ3) is 2.97. The van der Waals surface area contributed by atoms with E-state index in [1.54, 1.807) is 24.3 Å². The Morgan fingerprint density at radius 2 is 1.79 bits per heavy atom. The number of benzene rings is 2. The number of nitrogens with one attached hydrogen (secondary N) is 2. The van der Waals surface area contributed by atoms with Crippen LogP contribution < -0.4 is 10.6 Å². The maximum absolute atomic E-state index is 12.2. The van der Waals surface area contributed by atoms with E-state index in [0.29, 0.717) is 10.7 Å². The quantitative estimate of drug-likeness (QED) is 0.637. The lowest BCUT2D eigenvalue weighted by Gasteiger charge is -2.10. The highest BCUT2D eigenvalue weighted by molar-refractivity contribution is 6.30. The number of hydrogen-bond acceptors (Lipinski definition) is 2. The van der Waals surface area contributed by atoms with Crippen LogP contribution in [0.1, 0.15) is 24.2 Å². The molecule has 0 bridgehead atoms.